The summed E-state index contributed by atoms with van der Waals surface area (Å²) in [6.45, 7) is 7.59. The van der Waals surface area contributed by atoms with Crippen LogP contribution in [-0.4, -0.2) is 44.4 Å². The van der Waals surface area contributed by atoms with Crippen LogP contribution >= 0.6 is 0 Å². The summed E-state index contributed by atoms with van der Waals surface area (Å²) in [7, 11) is 0. The zero-order chi connectivity index (χ0) is 22.2. The van der Waals surface area contributed by atoms with Crippen molar-refractivity contribution in [2.75, 3.05) is 13.2 Å². The highest BCUT2D eigenvalue weighted by molar-refractivity contribution is 5.95. The lowest BCUT2D eigenvalue weighted by molar-refractivity contribution is 0.0601. The smallest absolute Gasteiger partial charge is 0.276 e. The number of imidazole rings is 1. The van der Waals surface area contributed by atoms with E-state index in [1.165, 1.54) is 24.0 Å². The Hall–Kier alpha value is -2.89. The van der Waals surface area contributed by atoms with E-state index in [2.05, 4.69) is 41.7 Å². The van der Waals surface area contributed by atoms with Crippen molar-refractivity contribution in [3.05, 3.63) is 58.8 Å². The Morgan fingerprint density at radius 3 is 2.75 bits per heavy atom. The lowest BCUT2D eigenvalue weighted by Crippen LogP contribution is -2.45. The van der Waals surface area contributed by atoms with Gasteiger partial charge in [0, 0.05) is 37.1 Å². The zero-order valence-corrected chi connectivity index (χ0v) is 19.3. The van der Waals surface area contributed by atoms with E-state index in [4.69, 9.17) is 9.72 Å². The molecule has 6 heteroatoms. The van der Waals surface area contributed by atoms with Crippen molar-refractivity contribution in [1.82, 2.24) is 19.3 Å². The quantitative estimate of drug-likeness (QED) is 0.567. The molecule has 1 saturated carbocycles. The van der Waals surface area contributed by atoms with E-state index < -0.39 is 0 Å². The molecule has 0 unspecified atom stereocenters. The Labute approximate surface area is 189 Å². The topological polar surface area (TPSA) is 59.7 Å². The maximum atomic E-state index is 13.7. The first-order chi connectivity index (χ1) is 15.5. The molecule has 1 aliphatic heterocycles. The number of piperidine rings is 1. The summed E-state index contributed by atoms with van der Waals surface area (Å²) in [5, 5.41) is 0. The van der Waals surface area contributed by atoms with Gasteiger partial charge in [-0.1, -0.05) is 0 Å². The summed E-state index contributed by atoms with van der Waals surface area (Å²) in [5.41, 5.74) is 5.78. The molecule has 5 rings (SSSR count). The molecule has 1 amide bonds. The summed E-state index contributed by atoms with van der Waals surface area (Å²) in [6, 6.07) is 6.08. The number of nitrogens with zero attached hydrogens (tertiary/aromatic N) is 4. The molecular weight excluding hydrogens is 400 g/mol. The van der Waals surface area contributed by atoms with Crippen molar-refractivity contribution in [3.63, 3.8) is 0 Å². The predicted octanol–water partition coefficient (Wildman–Crippen LogP) is 4.68. The molecule has 0 radical (unpaired) electrons. The Bertz CT molecular complexity index is 1150. The second-order valence-electron chi connectivity index (χ2n) is 9.49. The van der Waals surface area contributed by atoms with Gasteiger partial charge >= 0.3 is 0 Å². The molecule has 168 valence electrons. The van der Waals surface area contributed by atoms with E-state index in [9.17, 15) is 4.79 Å². The number of hydrogen-bond acceptors (Lipinski definition) is 4. The number of carbonyl (C=O) groups excluding carboxylic acids is 1. The van der Waals surface area contributed by atoms with E-state index in [0.29, 0.717) is 24.0 Å². The van der Waals surface area contributed by atoms with E-state index >= 15 is 0 Å². The highest BCUT2D eigenvalue weighted by Gasteiger charge is 2.31. The first-order valence-corrected chi connectivity index (χ1v) is 11.8. The van der Waals surface area contributed by atoms with Crippen LogP contribution in [0, 0.1) is 26.7 Å². The van der Waals surface area contributed by atoms with E-state index in [1.54, 1.807) is 0 Å². The lowest BCUT2D eigenvalue weighted by Gasteiger charge is -2.35. The van der Waals surface area contributed by atoms with Crippen LogP contribution in [0.2, 0.25) is 0 Å². The van der Waals surface area contributed by atoms with Crippen molar-refractivity contribution in [2.24, 2.45) is 5.92 Å². The number of pyridine rings is 2. The van der Waals surface area contributed by atoms with Crippen LogP contribution in [-0.2, 0) is 6.42 Å². The molecule has 3 aromatic rings. The molecule has 3 aromatic heterocycles. The number of amides is 1. The minimum absolute atomic E-state index is 0.0139. The van der Waals surface area contributed by atoms with Gasteiger partial charge in [-0.25, -0.2) is 9.97 Å². The van der Waals surface area contributed by atoms with Crippen molar-refractivity contribution in [3.8, 4) is 5.75 Å². The number of aryl methyl sites for hydroxylation is 3. The molecule has 4 heterocycles. The maximum Gasteiger partial charge on any atom is 0.276 e. The van der Waals surface area contributed by atoms with Crippen LogP contribution in [0.5, 0.6) is 5.75 Å². The number of aromatic nitrogens is 3. The largest absolute Gasteiger partial charge is 0.491 e. The van der Waals surface area contributed by atoms with Crippen LogP contribution in [0.25, 0.3) is 5.65 Å². The van der Waals surface area contributed by atoms with E-state index in [-0.39, 0.29) is 11.9 Å². The van der Waals surface area contributed by atoms with Gasteiger partial charge in [0.05, 0.1) is 12.3 Å². The third-order valence-electron chi connectivity index (χ3n) is 6.90. The molecule has 1 atom stereocenters. The SMILES string of the molecule is Cc1ccc(OCC2CC2)c(C(=O)N2CCCC[C@H]2Cc2cn3ccc(C)c(C)c3n2)n1. The number of ether oxygens (including phenoxy) is 1. The molecule has 32 heavy (non-hydrogen) atoms. The highest BCUT2D eigenvalue weighted by atomic mass is 16.5. The van der Waals surface area contributed by atoms with Gasteiger partial charge in [0.15, 0.2) is 11.4 Å². The van der Waals surface area contributed by atoms with Gasteiger partial charge in [-0.05, 0) is 88.1 Å². The molecule has 1 saturated heterocycles. The minimum atomic E-state index is -0.0139. The Morgan fingerprint density at radius 2 is 1.94 bits per heavy atom. The number of hydrogen-bond donors (Lipinski definition) is 0. The molecule has 0 spiro atoms. The van der Waals surface area contributed by atoms with Crippen LogP contribution in [0.15, 0.2) is 30.6 Å². The lowest BCUT2D eigenvalue weighted by atomic mass is 9.97. The van der Waals surface area contributed by atoms with Crippen LogP contribution in [0.3, 0.4) is 0 Å². The summed E-state index contributed by atoms with van der Waals surface area (Å²) in [5.74, 6) is 1.24. The summed E-state index contributed by atoms with van der Waals surface area (Å²) in [4.78, 5) is 25.2. The van der Waals surface area contributed by atoms with Crippen molar-refractivity contribution in [2.45, 2.75) is 65.3 Å². The average molecular weight is 433 g/mol. The molecule has 6 nitrogen and oxygen atoms in total. The molecule has 0 bridgehead atoms. The van der Waals surface area contributed by atoms with Gasteiger partial charge in [0.2, 0.25) is 0 Å². The molecule has 1 aliphatic carbocycles. The fourth-order valence-electron chi connectivity index (χ4n) is 4.59. The van der Waals surface area contributed by atoms with Crippen molar-refractivity contribution in [1.29, 1.82) is 0 Å². The summed E-state index contributed by atoms with van der Waals surface area (Å²) < 4.78 is 8.12. The molecule has 0 N–H and O–H groups in total. The minimum Gasteiger partial charge on any atom is -0.491 e. The normalized spacial score (nSPS) is 18.8. The molecule has 0 aromatic carbocycles. The number of rotatable bonds is 6. The first-order valence-electron chi connectivity index (χ1n) is 11.8. The predicted molar refractivity (Wildman–Crippen MR) is 124 cm³/mol. The second-order valence-corrected chi connectivity index (χ2v) is 9.49. The van der Waals surface area contributed by atoms with Crippen molar-refractivity contribution >= 4 is 11.6 Å². The zero-order valence-electron chi connectivity index (χ0n) is 19.3. The monoisotopic (exact) mass is 432 g/mol. The maximum absolute atomic E-state index is 13.7. The second kappa shape index (κ2) is 8.57. The van der Waals surface area contributed by atoms with E-state index in [0.717, 1.165) is 49.3 Å². The van der Waals surface area contributed by atoms with Crippen LogP contribution in [0.1, 0.15) is 65.1 Å². The summed E-state index contributed by atoms with van der Waals surface area (Å²) >= 11 is 0. The van der Waals surface area contributed by atoms with Crippen LogP contribution < -0.4 is 4.74 Å². The van der Waals surface area contributed by atoms with E-state index in [1.807, 2.05) is 24.0 Å². The highest BCUT2D eigenvalue weighted by Crippen LogP contribution is 2.31. The first kappa shape index (κ1) is 21.0. The van der Waals surface area contributed by atoms with Gasteiger partial charge in [-0.2, -0.15) is 0 Å². The number of fused-ring (bicyclic) bond motifs is 1. The van der Waals surface area contributed by atoms with Crippen LogP contribution in [0.4, 0.5) is 0 Å². The third kappa shape index (κ3) is 4.23. The third-order valence-corrected chi connectivity index (χ3v) is 6.90. The molecule has 2 fully saturated rings. The fourth-order valence-corrected chi connectivity index (χ4v) is 4.59. The fraction of sp³-hybridized carbons (Fsp3) is 0.500. The van der Waals surface area contributed by atoms with Gasteiger partial charge in [0.25, 0.3) is 5.91 Å². The van der Waals surface area contributed by atoms with Gasteiger partial charge in [0.1, 0.15) is 5.65 Å². The Kier molecular flexibility index (Phi) is 5.62. The van der Waals surface area contributed by atoms with Gasteiger partial charge in [-0.15, -0.1) is 0 Å². The standard InChI is InChI=1S/C26H32N4O2/c1-17-11-13-29-15-21(28-25(29)19(17)3)14-22-6-4-5-12-30(22)26(31)24-23(10-7-18(2)27-24)32-16-20-8-9-20/h7,10-11,13,15,20,22H,4-6,8-9,12,14,16H2,1-3H3/t22-/m0/s1. The average Bonchev–Trinajstić information content (AvgIpc) is 3.53. The molecule has 2 aliphatic rings. The Morgan fingerprint density at radius 1 is 1.09 bits per heavy atom. The Balaban J connectivity index is 1.39. The molecular formula is C26H32N4O2. The van der Waals surface area contributed by atoms with Gasteiger partial charge < -0.3 is 14.0 Å². The number of likely N-dealkylation sites (tertiary alicyclic amines) is 1. The van der Waals surface area contributed by atoms with Crippen molar-refractivity contribution < 1.29 is 9.53 Å². The summed E-state index contributed by atoms with van der Waals surface area (Å²) in [6.07, 6.45) is 10.5. The number of carbonyl (C=O) groups is 1. The van der Waals surface area contributed by atoms with Gasteiger partial charge in [-0.3, -0.25) is 4.79 Å².